The molecule has 0 saturated carbocycles. The summed E-state index contributed by atoms with van der Waals surface area (Å²) < 4.78 is 6.98. The standard InChI is InChI=1S/C29H25Br2N3O5/c1-15-5-8-24(18(4)9-15)32-25(35)14-39-26-19(11-20(30)13-23(26)31)12-22-27(36)33-29(38)34(28(22)37)21-7-6-16(2)17(3)10-21/h5-13H,14H2,1-4H3,(H,32,35)(H,33,36,38)/b22-12-. The van der Waals surface area contributed by atoms with Gasteiger partial charge in [-0.25, -0.2) is 9.69 Å². The molecule has 1 heterocycles. The van der Waals surface area contributed by atoms with E-state index in [0.29, 0.717) is 25.9 Å². The summed E-state index contributed by atoms with van der Waals surface area (Å²) in [7, 11) is 0. The van der Waals surface area contributed by atoms with Crippen LogP contribution in [0.15, 0.2) is 63.0 Å². The highest BCUT2D eigenvalue weighted by atomic mass is 79.9. The molecule has 1 aliphatic rings. The van der Waals surface area contributed by atoms with Crippen molar-refractivity contribution in [2.24, 2.45) is 0 Å². The van der Waals surface area contributed by atoms with E-state index in [2.05, 4.69) is 42.5 Å². The fourth-order valence-corrected chi connectivity index (χ4v) is 5.40. The maximum absolute atomic E-state index is 13.4. The van der Waals surface area contributed by atoms with Crippen LogP contribution in [-0.4, -0.2) is 30.4 Å². The van der Waals surface area contributed by atoms with Crippen molar-refractivity contribution in [1.29, 1.82) is 0 Å². The lowest BCUT2D eigenvalue weighted by atomic mass is 10.0. The Balaban J connectivity index is 1.63. The third-order valence-electron chi connectivity index (χ3n) is 6.19. The van der Waals surface area contributed by atoms with Crippen molar-refractivity contribution in [2.45, 2.75) is 27.7 Å². The summed E-state index contributed by atoms with van der Waals surface area (Å²) in [5, 5.41) is 5.05. The Hall–Kier alpha value is -3.76. The van der Waals surface area contributed by atoms with Crippen molar-refractivity contribution >= 4 is 73.1 Å². The molecule has 200 valence electrons. The zero-order valence-electron chi connectivity index (χ0n) is 21.6. The molecule has 8 nitrogen and oxygen atoms in total. The van der Waals surface area contributed by atoms with E-state index in [0.717, 1.165) is 27.2 Å². The van der Waals surface area contributed by atoms with Gasteiger partial charge in [0.25, 0.3) is 17.7 Å². The number of anilines is 2. The number of aryl methyl sites for hydroxylation is 4. The third-order valence-corrected chi connectivity index (χ3v) is 7.24. The number of amides is 5. The van der Waals surface area contributed by atoms with Crippen LogP contribution in [-0.2, 0) is 14.4 Å². The molecule has 4 rings (SSSR count). The van der Waals surface area contributed by atoms with E-state index in [9.17, 15) is 19.2 Å². The van der Waals surface area contributed by atoms with E-state index < -0.39 is 17.8 Å². The Kier molecular flexibility index (Phi) is 8.36. The number of halogens is 2. The van der Waals surface area contributed by atoms with Crippen LogP contribution < -0.4 is 20.3 Å². The van der Waals surface area contributed by atoms with E-state index >= 15 is 0 Å². The summed E-state index contributed by atoms with van der Waals surface area (Å²) in [6, 6.07) is 13.4. The first-order valence-electron chi connectivity index (χ1n) is 11.9. The number of barbiturate groups is 1. The molecule has 2 N–H and O–H groups in total. The Labute approximate surface area is 242 Å². The molecule has 0 unspecified atom stereocenters. The van der Waals surface area contributed by atoms with Gasteiger partial charge in [-0.1, -0.05) is 39.7 Å². The highest BCUT2D eigenvalue weighted by Gasteiger charge is 2.37. The maximum atomic E-state index is 13.4. The van der Waals surface area contributed by atoms with Crippen molar-refractivity contribution < 1.29 is 23.9 Å². The van der Waals surface area contributed by atoms with Gasteiger partial charge in [0.2, 0.25) is 0 Å². The summed E-state index contributed by atoms with van der Waals surface area (Å²) in [5.74, 6) is -1.74. The smallest absolute Gasteiger partial charge is 0.335 e. The van der Waals surface area contributed by atoms with Crippen LogP contribution in [0.1, 0.15) is 27.8 Å². The van der Waals surface area contributed by atoms with Crippen LogP contribution in [0, 0.1) is 27.7 Å². The van der Waals surface area contributed by atoms with Gasteiger partial charge < -0.3 is 10.1 Å². The molecule has 3 aromatic carbocycles. The fraction of sp³-hybridized carbons (Fsp3) is 0.172. The monoisotopic (exact) mass is 653 g/mol. The lowest BCUT2D eigenvalue weighted by molar-refractivity contribution is -0.122. The molecule has 1 aliphatic heterocycles. The highest BCUT2D eigenvalue weighted by molar-refractivity contribution is 9.11. The van der Waals surface area contributed by atoms with E-state index in [1.807, 2.05) is 45.9 Å². The molecule has 39 heavy (non-hydrogen) atoms. The second kappa shape index (κ2) is 11.5. The Morgan fingerprint density at radius 2 is 1.69 bits per heavy atom. The highest BCUT2D eigenvalue weighted by Crippen LogP contribution is 2.35. The summed E-state index contributed by atoms with van der Waals surface area (Å²) >= 11 is 6.85. The first kappa shape index (κ1) is 28.3. The summed E-state index contributed by atoms with van der Waals surface area (Å²) in [5.41, 5.74) is 4.99. The predicted octanol–water partition coefficient (Wildman–Crippen LogP) is 6.13. The van der Waals surface area contributed by atoms with Crippen molar-refractivity contribution in [2.75, 3.05) is 16.8 Å². The number of hydrogen-bond acceptors (Lipinski definition) is 5. The van der Waals surface area contributed by atoms with Crippen LogP contribution in [0.5, 0.6) is 5.75 Å². The Bertz CT molecular complexity index is 1560. The normalized spacial score (nSPS) is 14.5. The van der Waals surface area contributed by atoms with Gasteiger partial charge in [-0.2, -0.15) is 0 Å². The SMILES string of the molecule is Cc1ccc(NC(=O)COc2c(Br)cc(Br)cc2/C=C2/C(=O)NC(=O)N(c3ccc(C)c(C)c3)C2=O)c(C)c1. The van der Waals surface area contributed by atoms with Crippen molar-refractivity contribution in [3.8, 4) is 5.75 Å². The first-order chi connectivity index (χ1) is 18.4. The lowest BCUT2D eigenvalue weighted by Crippen LogP contribution is -2.54. The van der Waals surface area contributed by atoms with Gasteiger partial charge in [-0.15, -0.1) is 0 Å². The minimum absolute atomic E-state index is 0.247. The van der Waals surface area contributed by atoms with Crippen LogP contribution in [0.2, 0.25) is 0 Å². The van der Waals surface area contributed by atoms with E-state index in [1.54, 1.807) is 30.3 Å². The van der Waals surface area contributed by atoms with Gasteiger partial charge in [0, 0.05) is 15.7 Å². The van der Waals surface area contributed by atoms with Gasteiger partial charge in [0.05, 0.1) is 10.2 Å². The molecule has 0 atom stereocenters. The molecular formula is C29H25Br2N3O5. The Morgan fingerprint density at radius 1 is 0.949 bits per heavy atom. The molecule has 5 amide bonds. The van der Waals surface area contributed by atoms with Crippen LogP contribution >= 0.6 is 31.9 Å². The van der Waals surface area contributed by atoms with E-state index in [1.165, 1.54) is 6.08 Å². The van der Waals surface area contributed by atoms with Crippen LogP contribution in [0.4, 0.5) is 16.2 Å². The molecule has 0 bridgehead atoms. The average molecular weight is 655 g/mol. The second-order valence-electron chi connectivity index (χ2n) is 9.19. The Morgan fingerprint density at radius 3 is 2.38 bits per heavy atom. The number of hydrogen-bond donors (Lipinski definition) is 2. The molecule has 0 radical (unpaired) electrons. The number of carbonyl (C=O) groups is 4. The van der Waals surface area contributed by atoms with Gasteiger partial charge in [0.15, 0.2) is 6.61 Å². The quantitative estimate of drug-likeness (QED) is 0.246. The molecule has 1 saturated heterocycles. The number of nitrogens with zero attached hydrogens (tertiary/aromatic N) is 1. The molecule has 10 heteroatoms. The summed E-state index contributed by atoms with van der Waals surface area (Å²) in [6.45, 7) is 7.33. The number of ether oxygens (including phenoxy) is 1. The number of urea groups is 1. The number of imide groups is 2. The van der Waals surface area contributed by atoms with Crippen LogP contribution in [0.3, 0.4) is 0 Å². The number of nitrogens with one attached hydrogen (secondary N) is 2. The molecule has 3 aromatic rings. The van der Waals surface area contributed by atoms with Gasteiger partial charge in [-0.3, -0.25) is 19.7 Å². The molecule has 0 aromatic heterocycles. The minimum atomic E-state index is -0.834. The van der Waals surface area contributed by atoms with Crippen molar-refractivity contribution in [1.82, 2.24) is 5.32 Å². The first-order valence-corrected chi connectivity index (χ1v) is 13.5. The zero-order valence-corrected chi connectivity index (χ0v) is 24.8. The maximum Gasteiger partial charge on any atom is 0.335 e. The van der Waals surface area contributed by atoms with E-state index in [4.69, 9.17) is 4.74 Å². The topological polar surface area (TPSA) is 105 Å². The van der Waals surface area contributed by atoms with Crippen molar-refractivity contribution in [3.05, 3.63) is 90.9 Å². The molecule has 1 fully saturated rings. The van der Waals surface area contributed by atoms with Gasteiger partial charge in [-0.05, 0) is 96.7 Å². The second-order valence-corrected chi connectivity index (χ2v) is 11.0. The minimum Gasteiger partial charge on any atom is -0.482 e. The van der Waals surface area contributed by atoms with Gasteiger partial charge in [0.1, 0.15) is 11.3 Å². The summed E-state index contributed by atoms with van der Waals surface area (Å²) in [4.78, 5) is 52.3. The molecule has 0 spiro atoms. The molecular weight excluding hydrogens is 630 g/mol. The fourth-order valence-electron chi connectivity index (χ4n) is 4.03. The lowest BCUT2D eigenvalue weighted by Gasteiger charge is -2.27. The van der Waals surface area contributed by atoms with Gasteiger partial charge >= 0.3 is 6.03 Å². The average Bonchev–Trinajstić information content (AvgIpc) is 2.85. The number of carbonyl (C=O) groups excluding carboxylic acids is 4. The van der Waals surface area contributed by atoms with E-state index in [-0.39, 0.29) is 23.8 Å². The number of benzene rings is 3. The summed E-state index contributed by atoms with van der Waals surface area (Å²) in [6.07, 6.45) is 1.34. The zero-order chi connectivity index (χ0) is 28.4. The van der Waals surface area contributed by atoms with Crippen LogP contribution in [0.25, 0.3) is 6.08 Å². The number of rotatable bonds is 6. The third kappa shape index (κ3) is 6.29. The van der Waals surface area contributed by atoms with Crippen molar-refractivity contribution in [3.63, 3.8) is 0 Å². The largest absolute Gasteiger partial charge is 0.482 e. The predicted molar refractivity (Wildman–Crippen MR) is 157 cm³/mol. The molecule has 0 aliphatic carbocycles.